The number of nitrogen functional groups attached to an aromatic ring is 1. The first-order valence-corrected chi connectivity index (χ1v) is 6.71. The number of anilines is 2. The molecule has 0 aromatic carbocycles. The molecule has 1 fully saturated rings. The van der Waals surface area contributed by atoms with Crippen LogP contribution in [0, 0.1) is 6.92 Å². The number of nitrogens with zero attached hydrogens (tertiary/aromatic N) is 3. The number of pyridine rings is 1. The molecule has 3 N–H and O–H groups in total. The van der Waals surface area contributed by atoms with E-state index in [0.717, 1.165) is 37.4 Å². The van der Waals surface area contributed by atoms with Crippen molar-refractivity contribution in [1.82, 2.24) is 15.2 Å². The molecule has 0 radical (unpaired) electrons. The second-order valence-electron chi connectivity index (χ2n) is 5.20. The highest BCUT2D eigenvalue weighted by Crippen LogP contribution is 2.29. The second-order valence-corrected chi connectivity index (χ2v) is 5.20. The number of H-pyrrole nitrogens is 1. The SMILES string of the molecule is Cc1ccc(N2CCC(c3cc(N)[nH]n3)CC2)nc1. The van der Waals surface area contributed by atoms with Gasteiger partial charge in [0.25, 0.3) is 0 Å². The van der Waals surface area contributed by atoms with E-state index in [-0.39, 0.29) is 0 Å². The van der Waals surface area contributed by atoms with Gasteiger partial charge >= 0.3 is 0 Å². The van der Waals surface area contributed by atoms with Crippen molar-refractivity contribution in [1.29, 1.82) is 0 Å². The Balaban J connectivity index is 1.64. The molecule has 0 saturated carbocycles. The normalized spacial score (nSPS) is 16.8. The fourth-order valence-corrected chi connectivity index (χ4v) is 2.61. The Morgan fingerprint density at radius 1 is 1.32 bits per heavy atom. The molecule has 0 bridgehead atoms. The fraction of sp³-hybridized carbons (Fsp3) is 0.429. The monoisotopic (exact) mass is 257 g/mol. The highest BCUT2D eigenvalue weighted by Gasteiger charge is 2.23. The molecule has 0 aliphatic carbocycles. The third-order valence-electron chi connectivity index (χ3n) is 3.75. The maximum absolute atomic E-state index is 5.68. The summed E-state index contributed by atoms with van der Waals surface area (Å²) in [4.78, 5) is 6.83. The second kappa shape index (κ2) is 4.91. The largest absolute Gasteiger partial charge is 0.384 e. The van der Waals surface area contributed by atoms with Gasteiger partial charge in [0.15, 0.2) is 0 Å². The lowest BCUT2D eigenvalue weighted by molar-refractivity contribution is 0.493. The summed E-state index contributed by atoms with van der Waals surface area (Å²) >= 11 is 0. The van der Waals surface area contributed by atoms with Gasteiger partial charge in [-0.1, -0.05) is 6.07 Å². The van der Waals surface area contributed by atoms with E-state index in [1.54, 1.807) is 0 Å². The minimum Gasteiger partial charge on any atom is -0.384 e. The van der Waals surface area contributed by atoms with Crippen molar-refractivity contribution in [3.05, 3.63) is 35.7 Å². The minimum absolute atomic E-state index is 0.509. The Morgan fingerprint density at radius 2 is 2.11 bits per heavy atom. The maximum atomic E-state index is 5.68. The number of nitrogens with one attached hydrogen (secondary N) is 1. The van der Waals surface area contributed by atoms with Gasteiger partial charge in [-0.3, -0.25) is 5.10 Å². The lowest BCUT2D eigenvalue weighted by atomic mass is 9.93. The van der Waals surface area contributed by atoms with E-state index in [9.17, 15) is 0 Å². The van der Waals surface area contributed by atoms with E-state index in [0.29, 0.717) is 11.7 Å². The minimum atomic E-state index is 0.509. The van der Waals surface area contributed by atoms with Crippen LogP contribution in [0.2, 0.25) is 0 Å². The Hall–Kier alpha value is -2.04. The van der Waals surface area contributed by atoms with Gasteiger partial charge in [0.2, 0.25) is 0 Å². The molecule has 1 aliphatic heterocycles. The number of piperidine rings is 1. The van der Waals surface area contributed by atoms with Gasteiger partial charge in [-0.2, -0.15) is 5.10 Å². The van der Waals surface area contributed by atoms with Gasteiger partial charge in [0.1, 0.15) is 11.6 Å². The van der Waals surface area contributed by atoms with E-state index in [1.807, 2.05) is 12.3 Å². The highest BCUT2D eigenvalue weighted by molar-refractivity contribution is 5.40. The first-order valence-electron chi connectivity index (χ1n) is 6.71. The zero-order chi connectivity index (χ0) is 13.2. The van der Waals surface area contributed by atoms with Crippen molar-refractivity contribution in [2.24, 2.45) is 0 Å². The van der Waals surface area contributed by atoms with Crippen LogP contribution in [0.15, 0.2) is 24.4 Å². The van der Waals surface area contributed by atoms with E-state index in [1.165, 1.54) is 5.56 Å². The number of rotatable bonds is 2. The quantitative estimate of drug-likeness (QED) is 0.864. The van der Waals surface area contributed by atoms with Crippen LogP contribution in [-0.2, 0) is 0 Å². The van der Waals surface area contributed by atoms with Crippen LogP contribution in [0.4, 0.5) is 11.6 Å². The Morgan fingerprint density at radius 3 is 2.68 bits per heavy atom. The lowest BCUT2D eigenvalue weighted by Gasteiger charge is -2.32. The molecule has 1 aliphatic rings. The van der Waals surface area contributed by atoms with Crippen LogP contribution in [0.5, 0.6) is 0 Å². The Kier molecular flexibility index (Phi) is 3.11. The summed E-state index contributed by atoms with van der Waals surface area (Å²) < 4.78 is 0. The van der Waals surface area contributed by atoms with Crippen LogP contribution in [-0.4, -0.2) is 28.3 Å². The third-order valence-corrected chi connectivity index (χ3v) is 3.75. The first kappa shape index (κ1) is 12.0. The van der Waals surface area contributed by atoms with Crippen molar-refractivity contribution in [2.45, 2.75) is 25.7 Å². The summed E-state index contributed by atoms with van der Waals surface area (Å²) in [5.41, 5.74) is 7.97. The molecule has 2 aromatic heterocycles. The molecule has 2 aromatic rings. The maximum Gasteiger partial charge on any atom is 0.128 e. The fourth-order valence-electron chi connectivity index (χ4n) is 2.61. The number of hydrogen-bond acceptors (Lipinski definition) is 4. The molecule has 0 atom stereocenters. The summed E-state index contributed by atoms with van der Waals surface area (Å²) in [5, 5.41) is 7.08. The van der Waals surface area contributed by atoms with Crippen molar-refractivity contribution < 1.29 is 0 Å². The molecule has 0 unspecified atom stereocenters. The van der Waals surface area contributed by atoms with Crippen LogP contribution in [0.25, 0.3) is 0 Å². The van der Waals surface area contributed by atoms with Gasteiger partial charge in [-0.15, -0.1) is 0 Å². The summed E-state index contributed by atoms with van der Waals surface area (Å²) in [6, 6.07) is 6.16. The summed E-state index contributed by atoms with van der Waals surface area (Å²) in [7, 11) is 0. The van der Waals surface area contributed by atoms with E-state index in [2.05, 4.69) is 39.1 Å². The standard InChI is InChI=1S/C14H19N5/c1-10-2-3-14(16-9-10)19-6-4-11(5-7-19)12-8-13(15)18-17-12/h2-3,8-9,11H,4-7H2,1H3,(H3,15,17,18). The number of hydrogen-bond donors (Lipinski definition) is 2. The van der Waals surface area contributed by atoms with Gasteiger partial charge in [0, 0.05) is 31.3 Å². The van der Waals surface area contributed by atoms with Crippen molar-refractivity contribution in [3.8, 4) is 0 Å². The van der Waals surface area contributed by atoms with Crippen LogP contribution < -0.4 is 10.6 Å². The molecule has 3 rings (SSSR count). The van der Waals surface area contributed by atoms with Crippen molar-refractivity contribution in [2.75, 3.05) is 23.7 Å². The predicted molar refractivity (Wildman–Crippen MR) is 76.2 cm³/mol. The number of aryl methyl sites for hydroxylation is 1. The van der Waals surface area contributed by atoms with E-state index >= 15 is 0 Å². The summed E-state index contributed by atoms with van der Waals surface area (Å²) in [6.45, 7) is 4.10. The number of aromatic amines is 1. The molecular formula is C14H19N5. The predicted octanol–water partition coefficient (Wildman–Crippen LogP) is 2.08. The molecule has 3 heterocycles. The average molecular weight is 257 g/mol. The zero-order valence-electron chi connectivity index (χ0n) is 11.1. The van der Waals surface area contributed by atoms with E-state index in [4.69, 9.17) is 5.73 Å². The van der Waals surface area contributed by atoms with Crippen LogP contribution >= 0.6 is 0 Å². The Labute approximate surface area is 112 Å². The number of aromatic nitrogens is 3. The third kappa shape index (κ3) is 2.54. The average Bonchev–Trinajstić information content (AvgIpc) is 2.87. The van der Waals surface area contributed by atoms with Crippen LogP contribution in [0.3, 0.4) is 0 Å². The molecule has 5 nitrogen and oxygen atoms in total. The molecule has 100 valence electrons. The molecule has 5 heteroatoms. The van der Waals surface area contributed by atoms with Crippen molar-refractivity contribution in [3.63, 3.8) is 0 Å². The Bertz CT molecular complexity index is 537. The molecule has 0 spiro atoms. The lowest BCUT2D eigenvalue weighted by Crippen LogP contribution is -2.33. The highest BCUT2D eigenvalue weighted by atomic mass is 15.2. The van der Waals surface area contributed by atoms with Gasteiger partial charge < -0.3 is 10.6 Å². The molecule has 1 saturated heterocycles. The van der Waals surface area contributed by atoms with E-state index < -0.39 is 0 Å². The topological polar surface area (TPSA) is 70.8 Å². The first-order chi connectivity index (χ1) is 9.22. The molecular weight excluding hydrogens is 238 g/mol. The zero-order valence-corrected chi connectivity index (χ0v) is 11.1. The summed E-state index contributed by atoms with van der Waals surface area (Å²) in [6.07, 6.45) is 4.12. The van der Waals surface area contributed by atoms with Crippen molar-refractivity contribution >= 4 is 11.6 Å². The van der Waals surface area contributed by atoms with Gasteiger partial charge in [-0.05, 0) is 31.4 Å². The molecule has 19 heavy (non-hydrogen) atoms. The smallest absolute Gasteiger partial charge is 0.128 e. The van der Waals surface area contributed by atoms with Gasteiger partial charge in [-0.25, -0.2) is 4.98 Å². The molecule has 0 amide bonds. The number of nitrogens with two attached hydrogens (primary N) is 1. The summed E-state index contributed by atoms with van der Waals surface area (Å²) in [5.74, 6) is 2.23. The van der Waals surface area contributed by atoms with Gasteiger partial charge in [0.05, 0.1) is 5.69 Å². The van der Waals surface area contributed by atoms with Crippen LogP contribution in [0.1, 0.15) is 30.0 Å².